The van der Waals surface area contributed by atoms with Crippen LogP contribution in [0.15, 0.2) is 35.3 Å². The molecule has 0 saturated carbocycles. The number of rotatable bonds is 6. The predicted molar refractivity (Wildman–Crippen MR) is 123 cm³/mol. The molecule has 156 valence electrons. The van der Waals surface area contributed by atoms with Gasteiger partial charge in [-0.3, -0.25) is 4.79 Å². The second kappa shape index (κ2) is 11.6. The molecule has 7 heteroatoms. The van der Waals surface area contributed by atoms with E-state index in [1.165, 1.54) is 5.56 Å². The Kier molecular flexibility index (Phi) is 9.50. The summed E-state index contributed by atoms with van der Waals surface area (Å²) in [6.45, 7) is 4.68. The highest BCUT2D eigenvalue weighted by Gasteiger charge is 2.26. The number of aliphatic imine (C=N–C) groups is 1. The van der Waals surface area contributed by atoms with Crippen LogP contribution in [0.25, 0.3) is 0 Å². The van der Waals surface area contributed by atoms with Gasteiger partial charge in [0.05, 0.1) is 6.61 Å². The van der Waals surface area contributed by atoms with Gasteiger partial charge in [-0.25, -0.2) is 4.99 Å². The van der Waals surface area contributed by atoms with Gasteiger partial charge in [0.1, 0.15) is 6.54 Å². The van der Waals surface area contributed by atoms with E-state index in [1.54, 1.807) is 19.0 Å². The molecule has 0 radical (unpaired) electrons. The SMILES string of the molecule is CN(C)C(=O)CN=C(NCC1CCOC1)N1CCC(Cc2ccccc2)C1.I. The summed E-state index contributed by atoms with van der Waals surface area (Å²) in [6.07, 6.45) is 3.34. The number of halogens is 1. The van der Waals surface area contributed by atoms with Crippen molar-refractivity contribution in [3.63, 3.8) is 0 Å². The number of carbonyl (C=O) groups excluding carboxylic acids is 1. The number of likely N-dealkylation sites (tertiary alicyclic amines) is 1. The second-order valence-corrected chi connectivity index (χ2v) is 7.83. The van der Waals surface area contributed by atoms with Crippen molar-refractivity contribution in [3.05, 3.63) is 35.9 Å². The number of amides is 1. The first-order valence-corrected chi connectivity index (χ1v) is 9.97. The van der Waals surface area contributed by atoms with Crippen molar-refractivity contribution in [3.8, 4) is 0 Å². The average molecular weight is 500 g/mol. The number of benzene rings is 1. The normalized spacial score (nSPS) is 22.1. The summed E-state index contributed by atoms with van der Waals surface area (Å²) in [4.78, 5) is 20.5. The van der Waals surface area contributed by atoms with E-state index in [0.717, 1.165) is 58.1 Å². The van der Waals surface area contributed by atoms with E-state index < -0.39 is 0 Å². The largest absolute Gasteiger partial charge is 0.381 e. The van der Waals surface area contributed by atoms with Crippen LogP contribution >= 0.6 is 24.0 Å². The van der Waals surface area contributed by atoms with Crippen molar-refractivity contribution in [2.75, 3.05) is 53.5 Å². The number of guanidine groups is 1. The first-order valence-electron chi connectivity index (χ1n) is 9.97. The summed E-state index contributed by atoms with van der Waals surface area (Å²) in [5, 5.41) is 3.51. The average Bonchev–Trinajstić information content (AvgIpc) is 3.34. The van der Waals surface area contributed by atoms with Gasteiger partial charge >= 0.3 is 0 Å². The van der Waals surface area contributed by atoms with Crippen LogP contribution in [0.5, 0.6) is 0 Å². The van der Waals surface area contributed by atoms with E-state index >= 15 is 0 Å². The first-order chi connectivity index (χ1) is 13.1. The van der Waals surface area contributed by atoms with Gasteiger partial charge in [-0.1, -0.05) is 30.3 Å². The van der Waals surface area contributed by atoms with Gasteiger partial charge < -0.3 is 19.9 Å². The standard InChI is InChI=1S/C21H32N4O2.HI/c1-24(2)20(26)14-23-21(22-13-19-9-11-27-16-19)25-10-8-18(15-25)12-17-6-4-3-5-7-17;/h3-7,18-19H,8-16H2,1-2H3,(H,22,23);1H. The molecule has 3 rings (SSSR count). The van der Waals surface area contributed by atoms with Crippen molar-refractivity contribution in [1.29, 1.82) is 0 Å². The van der Waals surface area contributed by atoms with E-state index in [1.807, 2.05) is 0 Å². The molecule has 2 aliphatic heterocycles. The van der Waals surface area contributed by atoms with Crippen molar-refractivity contribution >= 4 is 35.8 Å². The van der Waals surface area contributed by atoms with Crippen LogP contribution in [0.2, 0.25) is 0 Å². The van der Waals surface area contributed by atoms with Crippen LogP contribution in [0.4, 0.5) is 0 Å². The Morgan fingerprint density at radius 1 is 1.25 bits per heavy atom. The molecule has 0 aromatic heterocycles. The topological polar surface area (TPSA) is 57.2 Å². The van der Waals surface area contributed by atoms with Crippen LogP contribution in [0.3, 0.4) is 0 Å². The maximum absolute atomic E-state index is 12.0. The van der Waals surface area contributed by atoms with Crippen LogP contribution < -0.4 is 5.32 Å². The molecular weight excluding hydrogens is 467 g/mol. The van der Waals surface area contributed by atoms with Crippen molar-refractivity contribution in [2.24, 2.45) is 16.8 Å². The van der Waals surface area contributed by atoms with E-state index in [9.17, 15) is 4.79 Å². The summed E-state index contributed by atoms with van der Waals surface area (Å²) in [6, 6.07) is 10.7. The lowest BCUT2D eigenvalue weighted by Crippen LogP contribution is -2.43. The van der Waals surface area contributed by atoms with E-state index in [2.05, 4.69) is 45.5 Å². The third kappa shape index (κ3) is 6.92. The molecule has 2 unspecified atom stereocenters. The Labute approximate surface area is 185 Å². The number of nitrogens with one attached hydrogen (secondary N) is 1. The summed E-state index contributed by atoms with van der Waals surface area (Å²) in [5.74, 6) is 2.05. The Balaban J connectivity index is 0.00000280. The van der Waals surface area contributed by atoms with E-state index in [-0.39, 0.29) is 36.4 Å². The van der Waals surface area contributed by atoms with Gasteiger partial charge in [0, 0.05) is 46.3 Å². The quantitative estimate of drug-likeness (QED) is 0.370. The molecule has 1 aromatic carbocycles. The molecule has 6 nitrogen and oxygen atoms in total. The third-order valence-electron chi connectivity index (χ3n) is 5.39. The maximum atomic E-state index is 12.0. The minimum atomic E-state index is 0. The monoisotopic (exact) mass is 500 g/mol. The number of carbonyl (C=O) groups is 1. The first kappa shape index (κ1) is 22.9. The van der Waals surface area contributed by atoms with Crippen LogP contribution in [0.1, 0.15) is 18.4 Å². The molecule has 0 aliphatic carbocycles. The molecule has 2 saturated heterocycles. The summed E-state index contributed by atoms with van der Waals surface area (Å²) in [5.41, 5.74) is 1.39. The van der Waals surface area contributed by atoms with E-state index in [4.69, 9.17) is 4.74 Å². The molecule has 1 N–H and O–H groups in total. The highest BCUT2D eigenvalue weighted by atomic mass is 127. The van der Waals surface area contributed by atoms with Gasteiger partial charge in [0.25, 0.3) is 0 Å². The maximum Gasteiger partial charge on any atom is 0.243 e. The molecule has 0 bridgehead atoms. The molecule has 2 aliphatic rings. The number of nitrogens with zero attached hydrogens (tertiary/aromatic N) is 3. The summed E-state index contributed by atoms with van der Waals surface area (Å²) < 4.78 is 5.47. The van der Waals surface area contributed by atoms with Gasteiger partial charge in [-0.2, -0.15) is 0 Å². The zero-order valence-electron chi connectivity index (χ0n) is 17.0. The number of hydrogen-bond acceptors (Lipinski definition) is 3. The Morgan fingerprint density at radius 2 is 2.04 bits per heavy atom. The van der Waals surface area contributed by atoms with Crippen LogP contribution in [-0.2, 0) is 16.0 Å². The smallest absolute Gasteiger partial charge is 0.243 e. The number of likely N-dealkylation sites (N-methyl/N-ethyl adjacent to an activating group) is 1. The fraction of sp³-hybridized carbons (Fsp3) is 0.619. The Bertz CT molecular complexity index is 633. The van der Waals surface area contributed by atoms with Gasteiger partial charge in [-0.15, -0.1) is 24.0 Å². The Hall–Kier alpha value is -1.35. The predicted octanol–water partition coefficient (Wildman–Crippen LogP) is 2.24. The van der Waals surface area contributed by atoms with Crippen molar-refractivity contribution < 1.29 is 9.53 Å². The lowest BCUT2D eigenvalue weighted by Gasteiger charge is -2.23. The lowest BCUT2D eigenvalue weighted by atomic mass is 9.99. The molecule has 1 aromatic rings. The van der Waals surface area contributed by atoms with E-state index in [0.29, 0.717) is 11.8 Å². The van der Waals surface area contributed by atoms with Crippen molar-refractivity contribution in [2.45, 2.75) is 19.3 Å². The number of hydrogen-bond donors (Lipinski definition) is 1. The summed E-state index contributed by atoms with van der Waals surface area (Å²) in [7, 11) is 3.54. The molecule has 28 heavy (non-hydrogen) atoms. The molecule has 2 fully saturated rings. The minimum Gasteiger partial charge on any atom is -0.381 e. The number of ether oxygens (including phenoxy) is 1. The zero-order valence-corrected chi connectivity index (χ0v) is 19.3. The molecular formula is C21H33IN4O2. The van der Waals surface area contributed by atoms with Crippen LogP contribution in [-0.4, -0.2) is 75.2 Å². The molecule has 0 spiro atoms. The molecule has 2 heterocycles. The lowest BCUT2D eigenvalue weighted by molar-refractivity contribution is -0.127. The fourth-order valence-electron chi connectivity index (χ4n) is 3.67. The highest BCUT2D eigenvalue weighted by Crippen LogP contribution is 2.21. The minimum absolute atomic E-state index is 0. The summed E-state index contributed by atoms with van der Waals surface area (Å²) >= 11 is 0. The zero-order chi connectivity index (χ0) is 19.1. The fourth-order valence-corrected chi connectivity index (χ4v) is 3.67. The van der Waals surface area contributed by atoms with Crippen molar-refractivity contribution in [1.82, 2.24) is 15.1 Å². The van der Waals surface area contributed by atoms with Crippen LogP contribution in [0, 0.1) is 11.8 Å². The Morgan fingerprint density at radius 3 is 2.71 bits per heavy atom. The highest BCUT2D eigenvalue weighted by molar-refractivity contribution is 14.0. The van der Waals surface area contributed by atoms with Gasteiger partial charge in [0.15, 0.2) is 5.96 Å². The second-order valence-electron chi connectivity index (χ2n) is 7.83. The molecule has 1 amide bonds. The molecule has 2 atom stereocenters. The van der Waals surface area contributed by atoms with Gasteiger partial charge in [0.2, 0.25) is 5.91 Å². The van der Waals surface area contributed by atoms with Gasteiger partial charge in [-0.05, 0) is 30.7 Å². The third-order valence-corrected chi connectivity index (χ3v) is 5.39.